The summed E-state index contributed by atoms with van der Waals surface area (Å²) in [6.07, 6.45) is -0.310. The van der Waals surface area contributed by atoms with Crippen molar-refractivity contribution in [3.8, 4) is 0 Å². The van der Waals surface area contributed by atoms with Crippen LogP contribution in [0.4, 0.5) is 4.39 Å². The minimum absolute atomic E-state index is 0.187. The normalized spacial score (nSPS) is 11.1. The molecule has 0 fully saturated rings. The average molecular weight is 494 g/mol. The highest BCUT2D eigenvalue weighted by atomic mass is 32.2. The number of carbonyl (C=O) groups excluding carboxylic acids is 3. The Morgan fingerprint density at radius 1 is 0.882 bits per heavy atom. The van der Waals surface area contributed by atoms with Crippen LogP contribution < -0.4 is 15.6 Å². The van der Waals surface area contributed by atoms with E-state index in [2.05, 4.69) is 4.72 Å². The molecule has 0 saturated heterocycles. The molecule has 0 unspecified atom stereocenters. The van der Waals surface area contributed by atoms with E-state index >= 15 is 0 Å². The number of nitrogens with one attached hydrogen (secondary N) is 3. The summed E-state index contributed by atoms with van der Waals surface area (Å²) in [5, 5.41) is 0. The van der Waals surface area contributed by atoms with Crippen molar-refractivity contribution in [1.82, 2.24) is 15.6 Å². The van der Waals surface area contributed by atoms with Crippen LogP contribution in [0.25, 0.3) is 0 Å². The first-order valence-corrected chi connectivity index (χ1v) is 11.9. The lowest BCUT2D eigenvalue weighted by Gasteiger charge is -2.19. The van der Waals surface area contributed by atoms with E-state index in [1.807, 2.05) is 31.6 Å². The van der Waals surface area contributed by atoms with Crippen LogP contribution in [0.3, 0.4) is 0 Å². The Hall–Kier alpha value is -3.31. The van der Waals surface area contributed by atoms with E-state index < -0.39 is 40.2 Å². The minimum Gasteiger partial charge on any atom is -0.455 e. The second-order valence-electron chi connectivity index (χ2n) is 7.74. The van der Waals surface area contributed by atoms with Gasteiger partial charge in [0.05, 0.1) is 16.9 Å². The Bertz CT molecular complexity index is 1200. The quantitative estimate of drug-likeness (QED) is 0.381. The predicted octanol–water partition coefficient (Wildman–Crippen LogP) is 2.04. The maximum atomic E-state index is 13.5. The van der Waals surface area contributed by atoms with Crippen LogP contribution in [0, 0.1) is 40.4 Å². The Labute approximate surface area is 198 Å². The van der Waals surface area contributed by atoms with E-state index in [1.165, 1.54) is 18.2 Å². The molecule has 2 aromatic rings. The summed E-state index contributed by atoms with van der Waals surface area (Å²) >= 11 is 0. The number of sulfonamides is 1. The molecule has 0 atom stereocenters. The molecule has 0 saturated carbocycles. The molecule has 184 valence electrons. The van der Waals surface area contributed by atoms with Gasteiger partial charge in [-0.25, -0.2) is 17.5 Å². The van der Waals surface area contributed by atoms with Crippen molar-refractivity contribution < 1.29 is 31.9 Å². The highest BCUT2D eigenvalue weighted by molar-refractivity contribution is 7.89. The third-order valence-corrected chi connectivity index (χ3v) is 7.35. The van der Waals surface area contributed by atoms with E-state index in [0.29, 0.717) is 11.1 Å². The number of amides is 2. The number of halogens is 1. The molecule has 0 aliphatic rings. The number of rotatable bonds is 8. The molecule has 2 amide bonds. The van der Waals surface area contributed by atoms with Crippen LogP contribution in [-0.4, -0.2) is 39.4 Å². The van der Waals surface area contributed by atoms with Gasteiger partial charge in [0.1, 0.15) is 5.82 Å². The SMILES string of the molecule is Cc1c(C)c(C)c(S(=O)(=O)NCCC(=O)OCC(=O)NNC(=O)c2ccccc2F)c(C)c1C. The van der Waals surface area contributed by atoms with Gasteiger partial charge in [0.25, 0.3) is 11.8 Å². The van der Waals surface area contributed by atoms with Gasteiger partial charge in [0, 0.05) is 6.54 Å². The van der Waals surface area contributed by atoms with Crippen molar-refractivity contribution in [2.75, 3.05) is 13.2 Å². The standard InChI is InChI=1S/C23H28FN3O6S/c1-13-14(2)16(4)22(17(5)15(13)3)34(31,32)25-11-10-21(29)33-12-20(28)26-27-23(30)18-8-6-7-9-19(18)24/h6-9,25H,10-12H2,1-5H3,(H,26,28)(H,27,30). The number of benzene rings is 2. The summed E-state index contributed by atoms with van der Waals surface area (Å²) in [7, 11) is -3.87. The lowest BCUT2D eigenvalue weighted by Crippen LogP contribution is -2.44. The summed E-state index contributed by atoms with van der Waals surface area (Å²) < 4.78 is 46.4. The van der Waals surface area contributed by atoms with Gasteiger partial charge in [0.15, 0.2) is 6.61 Å². The highest BCUT2D eigenvalue weighted by Gasteiger charge is 2.23. The molecule has 3 N–H and O–H groups in total. The molecule has 9 nitrogen and oxygen atoms in total. The number of ether oxygens (including phenoxy) is 1. The fraction of sp³-hybridized carbons (Fsp3) is 0.348. The highest BCUT2D eigenvalue weighted by Crippen LogP contribution is 2.29. The van der Waals surface area contributed by atoms with Crippen LogP contribution in [0.1, 0.15) is 44.6 Å². The van der Waals surface area contributed by atoms with Gasteiger partial charge in [-0.2, -0.15) is 0 Å². The molecule has 0 heterocycles. The van der Waals surface area contributed by atoms with E-state index in [1.54, 1.807) is 13.8 Å². The van der Waals surface area contributed by atoms with Gasteiger partial charge in [-0.15, -0.1) is 0 Å². The molecule has 0 spiro atoms. The third kappa shape index (κ3) is 6.39. The summed E-state index contributed by atoms with van der Waals surface area (Å²) in [6, 6.07) is 5.20. The Balaban J connectivity index is 1.83. The van der Waals surface area contributed by atoms with Crippen molar-refractivity contribution in [3.63, 3.8) is 0 Å². The van der Waals surface area contributed by atoms with E-state index in [4.69, 9.17) is 4.74 Å². The minimum atomic E-state index is -3.87. The summed E-state index contributed by atoms with van der Waals surface area (Å²) in [5.41, 5.74) is 7.82. The summed E-state index contributed by atoms with van der Waals surface area (Å²) in [5.74, 6) is -3.30. The van der Waals surface area contributed by atoms with Crippen molar-refractivity contribution in [2.24, 2.45) is 0 Å². The molecule has 0 aliphatic heterocycles. The maximum absolute atomic E-state index is 13.5. The summed E-state index contributed by atoms with van der Waals surface area (Å²) in [6.45, 7) is 8.19. The fourth-order valence-electron chi connectivity index (χ4n) is 3.32. The number of carbonyl (C=O) groups is 3. The largest absolute Gasteiger partial charge is 0.455 e. The van der Waals surface area contributed by atoms with Crippen LogP contribution in [0.2, 0.25) is 0 Å². The molecule has 0 aliphatic carbocycles. The monoisotopic (exact) mass is 493 g/mol. The van der Waals surface area contributed by atoms with E-state index in [-0.39, 0.29) is 23.4 Å². The van der Waals surface area contributed by atoms with Crippen molar-refractivity contribution in [3.05, 3.63) is 63.5 Å². The zero-order valence-electron chi connectivity index (χ0n) is 19.7. The van der Waals surface area contributed by atoms with Gasteiger partial charge in [-0.1, -0.05) is 12.1 Å². The average Bonchev–Trinajstić information content (AvgIpc) is 2.78. The molecule has 0 radical (unpaired) electrons. The molecule has 0 aromatic heterocycles. The molecule has 34 heavy (non-hydrogen) atoms. The third-order valence-electron chi connectivity index (χ3n) is 5.62. The maximum Gasteiger partial charge on any atom is 0.307 e. The zero-order valence-corrected chi connectivity index (χ0v) is 20.5. The Morgan fingerprint density at radius 3 is 2.03 bits per heavy atom. The number of hydrogen-bond acceptors (Lipinski definition) is 6. The second-order valence-corrected chi connectivity index (χ2v) is 9.45. The summed E-state index contributed by atoms with van der Waals surface area (Å²) in [4.78, 5) is 35.6. The molecule has 0 bridgehead atoms. The van der Waals surface area contributed by atoms with E-state index in [0.717, 1.165) is 22.8 Å². The van der Waals surface area contributed by atoms with Crippen LogP contribution in [-0.2, 0) is 24.3 Å². The smallest absolute Gasteiger partial charge is 0.307 e. The van der Waals surface area contributed by atoms with Gasteiger partial charge in [-0.05, 0) is 74.6 Å². The van der Waals surface area contributed by atoms with Gasteiger partial charge in [-0.3, -0.25) is 25.2 Å². The van der Waals surface area contributed by atoms with Crippen molar-refractivity contribution in [2.45, 2.75) is 45.9 Å². The zero-order chi connectivity index (χ0) is 25.6. The first-order chi connectivity index (χ1) is 15.9. The molecular formula is C23H28FN3O6S. The second kappa shape index (κ2) is 11.2. The topological polar surface area (TPSA) is 131 Å². The van der Waals surface area contributed by atoms with E-state index in [9.17, 15) is 27.2 Å². The van der Waals surface area contributed by atoms with Crippen molar-refractivity contribution >= 4 is 27.8 Å². The van der Waals surface area contributed by atoms with Gasteiger partial charge >= 0.3 is 5.97 Å². The van der Waals surface area contributed by atoms with Crippen LogP contribution >= 0.6 is 0 Å². The van der Waals surface area contributed by atoms with Crippen LogP contribution in [0.5, 0.6) is 0 Å². The lowest BCUT2D eigenvalue weighted by molar-refractivity contribution is -0.148. The van der Waals surface area contributed by atoms with Crippen LogP contribution in [0.15, 0.2) is 29.2 Å². The molecule has 2 rings (SSSR count). The molecule has 2 aromatic carbocycles. The Morgan fingerprint density at radius 2 is 1.44 bits per heavy atom. The van der Waals surface area contributed by atoms with Gasteiger partial charge < -0.3 is 4.74 Å². The van der Waals surface area contributed by atoms with Crippen molar-refractivity contribution in [1.29, 1.82) is 0 Å². The first kappa shape index (κ1) is 26.9. The molecule has 11 heteroatoms. The number of hydrogen-bond donors (Lipinski definition) is 3. The Kier molecular flexibility index (Phi) is 8.88. The lowest BCUT2D eigenvalue weighted by atomic mass is 9.95. The predicted molar refractivity (Wildman–Crippen MR) is 123 cm³/mol. The fourth-order valence-corrected chi connectivity index (χ4v) is 4.95. The number of hydrazine groups is 1. The molecular weight excluding hydrogens is 465 g/mol. The number of esters is 1. The van der Waals surface area contributed by atoms with Gasteiger partial charge in [0.2, 0.25) is 10.0 Å². The first-order valence-electron chi connectivity index (χ1n) is 10.4.